The van der Waals surface area contributed by atoms with Crippen molar-refractivity contribution in [2.75, 3.05) is 33.7 Å². The molecule has 0 aromatic rings. The number of likely N-dealkylation sites (tertiary alicyclic amines) is 1. The maximum Gasteiger partial charge on any atom is 0.191 e. The van der Waals surface area contributed by atoms with Crippen LogP contribution in [-0.4, -0.2) is 50.6 Å². The summed E-state index contributed by atoms with van der Waals surface area (Å²) in [5.41, 5.74) is 0. The van der Waals surface area contributed by atoms with Crippen LogP contribution in [0.5, 0.6) is 0 Å². The SMILES string of the molecule is CN=C(NCC1CCN(C)CC1)NC1CCC2CCCCC2C1. The molecule has 0 radical (unpaired) electrons. The summed E-state index contributed by atoms with van der Waals surface area (Å²) in [7, 11) is 4.14. The number of hydrogen-bond acceptors (Lipinski definition) is 2. The van der Waals surface area contributed by atoms with Crippen LogP contribution in [0.15, 0.2) is 4.99 Å². The molecule has 4 heteroatoms. The molecule has 4 nitrogen and oxygen atoms in total. The third kappa shape index (κ3) is 4.85. The maximum absolute atomic E-state index is 4.47. The second-order valence-electron chi connectivity index (χ2n) is 8.16. The molecular formula is C19H36N4. The van der Waals surface area contributed by atoms with Crippen LogP contribution in [0, 0.1) is 17.8 Å². The Balaban J connectivity index is 1.41. The molecule has 1 saturated heterocycles. The first kappa shape index (κ1) is 17.1. The van der Waals surface area contributed by atoms with Gasteiger partial charge < -0.3 is 15.5 Å². The predicted molar refractivity (Wildman–Crippen MR) is 97.8 cm³/mol. The summed E-state index contributed by atoms with van der Waals surface area (Å²) in [6.45, 7) is 3.56. The number of piperidine rings is 1. The van der Waals surface area contributed by atoms with E-state index in [1.54, 1.807) is 0 Å². The Bertz CT molecular complexity index is 387. The zero-order valence-electron chi connectivity index (χ0n) is 15.2. The van der Waals surface area contributed by atoms with E-state index in [-0.39, 0.29) is 0 Å². The first-order valence-electron chi connectivity index (χ1n) is 9.90. The molecule has 3 rings (SSSR count). The fourth-order valence-corrected chi connectivity index (χ4v) is 4.90. The third-order valence-corrected chi connectivity index (χ3v) is 6.50. The van der Waals surface area contributed by atoms with Gasteiger partial charge >= 0.3 is 0 Å². The van der Waals surface area contributed by atoms with Crippen molar-refractivity contribution in [2.24, 2.45) is 22.7 Å². The molecule has 0 bridgehead atoms. The summed E-state index contributed by atoms with van der Waals surface area (Å²) >= 11 is 0. The van der Waals surface area contributed by atoms with E-state index in [2.05, 4.69) is 27.6 Å². The Morgan fingerprint density at radius 1 is 1.00 bits per heavy atom. The van der Waals surface area contributed by atoms with Gasteiger partial charge in [0.2, 0.25) is 0 Å². The van der Waals surface area contributed by atoms with Gasteiger partial charge in [-0.05, 0) is 70.0 Å². The second-order valence-corrected chi connectivity index (χ2v) is 8.16. The number of fused-ring (bicyclic) bond motifs is 1. The Morgan fingerprint density at radius 3 is 2.48 bits per heavy atom. The standard InChI is InChI=1S/C19H36N4/c1-20-19(21-14-15-9-11-23(2)12-10-15)22-18-8-7-16-5-3-4-6-17(16)13-18/h15-18H,3-14H2,1-2H3,(H2,20,21,22). The third-order valence-electron chi connectivity index (χ3n) is 6.50. The van der Waals surface area contributed by atoms with Gasteiger partial charge in [-0.15, -0.1) is 0 Å². The summed E-state index contributed by atoms with van der Waals surface area (Å²) in [5, 5.41) is 7.31. The highest BCUT2D eigenvalue weighted by Gasteiger charge is 2.32. The normalized spacial score (nSPS) is 34.0. The molecule has 0 aromatic heterocycles. The van der Waals surface area contributed by atoms with E-state index < -0.39 is 0 Å². The number of hydrogen-bond donors (Lipinski definition) is 2. The zero-order chi connectivity index (χ0) is 16.1. The fourth-order valence-electron chi connectivity index (χ4n) is 4.90. The van der Waals surface area contributed by atoms with E-state index in [1.807, 2.05) is 7.05 Å². The fraction of sp³-hybridized carbons (Fsp3) is 0.947. The highest BCUT2D eigenvalue weighted by Crippen LogP contribution is 2.40. The average molecular weight is 321 g/mol. The molecule has 2 N–H and O–H groups in total. The van der Waals surface area contributed by atoms with E-state index in [0.29, 0.717) is 6.04 Å². The molecule has 3 atom stereocenters. The lowest BCUT2D eigenvalue weighted by molar-refractivity contribution is 0.150. The van der Waals surface area contributed by atoms with Gasteiger partial charge in [-0.25, -0.2) is 0 Å². The van der Waals surface area contributed by atoms with Crippen LogP contribution in [0.2, 0.25) is 0 Å². The van der Waals surface area contributed by atoms with Crippen LogP contribution >= 0.6 is 0 Å². The summed E-state index contributed by atoms with van der Waals surface area (Å²) < 4.78 is 0. The summed E-state index contributed by atoms with van der Waals surface area (Å²) in [6, 6.07) is 0.637. The van der Waals surface area contributed by atoms with Crippen molar-refractivity contribution in [1.29, 1.82) is 0 Å². The Hall–Kier alpha value is -0.770. The molecule has 3 aliphatic rings. The van der Waals surface area contributed by atoms with Crippen molar-refractivity contribution in [3.63, 3.8) is 0 Å². The minimum absolute atomic E-state index is 0.637. The van der Waals surface area contributed by atoms with Gasteiger partial charge in [0.05, 0.1) is 0 Å². The molecular weight excluding hydrogens is 284 g/mol. The van der Waals surface area contributed by atoms with E-state index in [9.17, 15) is 0 Å². The molecule has 0 aromatic carbocycles. The zero-order valence-corrected chi connectivity index (χ0v) is 15.2. The number of nitrogens with zero attached hydrogens (tertiary/aromatic N) is 2. The number of rotatable bonds is 3. The minimum Gasteiger partial charge on any atom is -0.356 e. The molecule has 2 saturated carbocycles. The van der Waals surface area contributed by atoms with Gasteiger partial charge in [0, 0.05) is 19.6 Å². The van der Waals surface area contributed by atoms with Gasteiger partial charge in [0.1, 0.15) is 0 Å². The van der Waals surface area contributed by atoms with E-state index >= 15 is 0 Å². The largest absolute Gasteiger partial charge is 0.356 e. The summed E-state index contributed by atoms with van der Waals surface area (Å²) in [6.07, 6.45) is 12.6. The maximum atomic E-state index is 4.47. The molecule has 0 amide bonds. The average Bonchev–Trinajstić information content (AvgIpc) is 2.60. The first-order valence-corrected chi connectivity index (χ1v) is 9.90. The predicted octanol–water partition coefficient (Wildman–Crippen LogP) is 2.85. The van der Waals surface area contributed by atoms with Crippen molar-refractivity contribution >= 4 is 5.96 Å². The van der Waals surface area contributed by atoms with E-state index in [4.69, 9.17) is 0 Å². The highest BCUT2D eigenvalue weighted by molar-refractivity contribution is 5.79. The number of nitrogens with one attached hydrogen (secondary N) is 2. The first-order chi connectivity index (χ1) is 11.2. The quantitative estimate of drug-likeness (QED) is 0.620. The van der Waals surface area contributed by atoms with Crippen LogP contribution in [-0.2, 0) is 0 Å². The lowest BCUT2D eigenvalue weighted by Crippen LogP contribution is -2.48. The van der Waals surface area contributed by atoms with Gasteiger partial charge in [-0.2, -0.15) is 0 Å². The van der Waals surface area contributed by atoms with Crippen molar-refractivity contribution in [3.05, 3.63) is 0 Å². The topological polar surface area (TPSA) is 39.7 Å². The Kier molecular flexibility index (Phi) is 6.21. The van der Waals surface area contributed by atoms with Crippen LogP contribution in [0.3, 0.4) is 0 Å². The molecule has 3 unspecified atom stereocenters. The van der Waals surface area contributed by atoms with Gasteiger partial charge in [-0.1, -0.05) is 25.7 Å². The van der Waals surface area contributed by atoms with E-state index in [1.165, 1.54) is 70.9 Å². The van der Waals surface area contributed by atoms with Crippen molar-refractivity contribution in [3.8, 4) is 0 Å². The molecule has 23 heavy (non-hydrogen) atoms. The number of aliphatic imine (C=N–C) groups is 1. The second kappa shape index (κ2) is 8.36. The lowest BCUT2D eigenvalue weighted by Gasteiger charge is -2.40. The Morgan fingerprint density at radius 2 is 1.74 bits per heavy atom. The van der Waals surface area contributed by atoms with Crippen LogP contribution < -0.4 is 10.6 Å². The molecule has 3 fully saturated rings. The summed E-state index contributed by atoms with van der Waals surface area (Å²) in [4.78, 5) is 6.91. The highest BCUT2D eigenvalue weighted by atomic mass is 15.2. The smallest absolute Gasteiger partial charge is 0.191 e. The molecule has 1 heterocycles. The van der Waals surface area contributed by atoms with E-state index in [0.717, 1.165) is 30.3 Å². The van der Waals surface area contributed by atoms with Gasteiger partial charge in [0.15, 0.2) is 5.96 Å². The Labute approximate surface area is 142 Å². The van der Waals surface area contributed by atoms with Crippen LogP contribution in [0.4, 0.5) is 0 Å². The molecule has 0 spiro atoms. The van der Waals surface area contributed by atoms with Crippen molar-refractivity contribution in [1.82, 2.24) is 15.5 Å². The summed E-state index contributed by atoms with van der Waals surface area (Å²) in [5.74, 6) is 3.83. The number of guanidine groups is 1. The van der Waals surface area contributed by atoms with Crippen molar-refractivity contribution < 1.29 is 0 Å². The van der Waals surface area contributed by atoms with Crippen LogP contribution in [0.1, 0.15) is 57.8 Å². The lowest BCUT2D eigenvalue weighted by atomic mass is 9.69. The monoisotopic (exact) mass is 320 g/mol. The van der Waals surface area contributed by atoms with Crippen LogP contribution in [0.25, 0.3) is 0 Å². The van der Waals surface area contributed by atoms with Gasteiger partial charge in [-0.3, -0.25) is 4.99 Å². The van der Waals surface area contributed by atoms with Crippen molar-refractivity contribution in [2.45, 2.75) is 63.8 Å². The molecule has 132 valence electrons. The molecule has 1 aliphatic heterocycles. The minimum atomic E-state index is 0.637. The molecule has 2 aliphatic carbocycles. The van der Waals surface area contributed by atoms with Gasteiger partial charge in [0.25, 0.3) is 0 Å².